The predicted molar refractivity (Wildman–Crippen MR) is 70.9 cm³/mol. The minimum absolute atomic E-state index is 0.540. The zero-order valence-corrected chi connectivity index (χ0v) is 10.6. The van der Waals surface area contributed by atoms with Gasteiger partial charge in [-0.2, -0.15) is 0 Å². The van der Waals surface area contributed by atoms with Crippen LogP contribution >= 0.6 is 0 Å². The molecule has 0 aliphatic rings. The Hall–Kier alpha value is -1.70. The van der Waals surface area contributed by atoms with Gasteiger partial charge in [-0.15, -0.1) is 0 Å². The third-order valence-electron chi connectivity index (χ3n) is 2.92. The van der Waals surface area contributed by atoms with Gasteiger partial charge in [0.05, 0.1) is 17.6 Å². The summed E-state index contributed by atoms with van der Waals surface area (Å²) in [6.45, 7) is 6.49. The van der Waals surface area contributed by atoms with Crippen LogP contribution < -0.4 is 0 Å². The monoisotopic (exact) mass is 226 g/mol. The summed E-state index contributed by atoms with van der Waals surface area (Å²) in [5.41, 5.74) is 4.47. The highest BCUT2D eigenvalue weighted by Crippen LogP contribution is 2.21. The highest BCUT2D eigenvalue weighted by Gasteiger charge is 2.03. The van der Waals surface area contributed by atoms with Gasteiger partial charge >= 0.3 is 0 Å². The molecule has 0 N–H and O–H groups in total. The van der Waals surface area contributed by atoms with Crippen molar-refractivity contribution in [2.45, 2.75) is 33.1 Å². The first-order chi connectivity index (χ1) is 8.20. The van der Waals surface area contributed by atoms with Crippen molar-refractivity contribution in [3.8, 4) is 11.3 Å². The number of hydrogen-bond donors (Lipinski definition) is 0. The predicted octanol–water partition coefficient (Wildman–Crippen LogP) is 3.83. The normalized spacial score (nSPS) is 10.8. The van der Waals surface area contributed by atoms with Crippen molar-refractivity contribution in [3.63, 3.8) is 0 Å². The summed E-state index contributed by atoms with van der Waals surface area (Å²) in [6.07, 6.45) is 4.65. The van der Waals surface area contributed by atoms with Crippen LogP contribution in [0.3, 0.4) is 0 Å². The molecule has 17 heavy (non-hydrogen) atoms. The maximum Gasteiger partial charge on any atom is 0.0885 e. The first kappa shape index (κ1) is 11.8. The SMILES string of the molecule is CCc1cnc(-c2cccc(C(C)C)c2)cn1. The molecule has 1 heterocycles. The fraction of sp³-hybridized carbons (Fsp3) is 0.333. The van der Waals surface area contributed by atoms with Crippen LogP contribution in [0.2, 0.25) is 0 Å². The highest BCUT2D eigenvalue weighted by atomic mass is 14.8. The molecule has 1 aromatic carbocycles. The molecule has 0 aliphatic carbocycles. The largest absolute Gasteiger partial charge is 0.257 e. The van der Waals surface area contributed by atoms with Crippen LogP contribution in [-0.2, 0) is 6.42 Å². The van der Waals surface area contributed by atoms with Crippen LogP contribution in [0, 0.1) is 0 Å². The minimum Gasteiger partial charge on any atom is -0.257 e. The molecule has 0 radical (unpaired) electrons. The lowest BCUT2D eigenvalue weighted by atomic mass is 10.00. The zero-order chi connectivity index (χ0) is 12.3. The van der Waals surface area contributed by atoms with Crippen LogP contribution in [0.5, 0.6) is 0 Å². The van der Waals surface area contributed by atoms with Gasteiger partial charge in [0.2, 0.25) is 0 Å². The van der Waals surface area contributed by atoms with Crippen molar-refractivity contribution in [1.29, 1.82) is 0 Å². The molecule has 0 atom stereocenters. The topological polar surface area (TPSA) is 25.8 Å². The first-order valence-electron chi connectivity index (χ1n) is 6.12. The number of aryl methyl sites for hydroxylation is 1. The number of aromatic nitrogens is 2. The third kappa shape index (κ3) is 2.70. The van der Waals surface area contributed by atoms with E-state index in [0.29, 0.717) is 5.92 Å². The molecular weight excluding hydrogens is 208 g/mol. The lowest BCUT2D eigenvalue weighted by Crippen LogP contribution is -1.92. The molecule has 88 valence electrons. The van der Waals surface area contributed by atoms with Crippen molar-refractivity contribution >= 4 is 0 Å². The van der Waals surface area contributed by atoms with Gasteiger partial charge in [0.15, 0.2) is 0 Å². The summed E-state index contributed by atoms with van der Waals surface area (Å²) >= 11 is 0. The first-order valence-corrected chi connectivity index (χ1v) is 6.12. The third-order valence-corrected chi connectivity index (χ3v) is 2.92. The van der Waals surface area contributed by atoms with Crippen molar-refractivity contribution in [2.75, 3.05) is 0 Å². The Balaban J connectivity index is 2.35. The van der Waals surface area contributed by atoms with E-state index in [9.17, 15) is 0 Å². The maximum atomic E-state index is 4.46. The van der Waals surface area contributed by atoms with Crippen LogP contribution in [0.25, 0.3) is 11.3 Å². The molecular formula is C15H18N2. The molecule has 0 fully saturated rings. The van der Waals surface area contributed by atoms with E-state index < -0.39 is 0 Å². The Labute approximate surface area is 103 Å². The standard InChI is InChI=1S/C15H18N2/c1-4-14-9-17-15(10-16-14)13-7-5-6-12(8-13)11(2)3/h5-11H,4H2,1-3H3. The average Bonchev–Trinajstić information content (AvgIpc) is 2.39. The fourth-order valence-electron chi connectivity index (χ4n) is 1.74. The summed E-state index contributed by atoms with van der Waals surface area (Å²) in [6, 6.07) is 8.52. The summed E-state index contributed by atoms with van der Waals surface area (Å²) in [5.74, 6) is 0.540. The van der Waals surface area contributed by atoms with E-state index in [0.717, 1.165) is 23.4 Å². The van der Waals surface area contributed by atoms with Crippen molar-refractivity contribution in [2.24, 2.45) is 0 Å². The highest BCUT2D eigenvalue weighted by molar-refractivity contribution is 5.59. The van der Waals surface area contributed by atoms with Crippen molar-refractivity contribution in [1.82, 2.24) is 9.97 Å². The number of nitrogens with zero attached hydrogens (tertiary/aromatic N) is 2. The van der Waals surface area contributed by atoms with Crippen LogP contribution in [0.4, 0.5) is 0 Å². The Morgan fingerprint density at radius 2 is 1.94 bits per heavy atom. The Kier molecular flexibility index (Phi) is 3.52. The molecule has 0 aliphatic heterocycles. The Morgan fingerprint density at radius 3 is 2.53 bits per heavy atom. The molecule has 0 bridgehead atoms. The zero-order valence-electron chi connectivity index (χ0n) is 10.6. The second-order valence-electron chi connectivity index (χ2n) is 4.53. The molecule has 2 aromatic rings. The number of rotatable bonds is 3. The van der Waals surface area contributed by atoms with E-state index in [-0.39, 0.29) is 0 Å². The fourth-order valence-corrected chi connectivity index (χ4v) is 1.74. The summed E-state index contributed by atoms with van der Waals surface area (Å²) in [5, 5.41) is 0. The van der Waals surface area contributed by atoms with E-state index in [1.165, 1.54) is 5.56 Å². The van der Waals surface area contributed by atoms with Gasteiger partial charge in [-0.1, -0.05) is 39.0 Å². The van der Waals surface area contributed by atoms with Gasteiger partial charge in [0.25, 0.3) is 0 Å². The molecule has 0 amide bonds. The van der Waals surface area contributed by atoms with Gasteiger partial charge < -0.3 is 0 Å². The van der Waals surface area contributed by atoms with Crippen LogP contribution in [0.1, 0.15) is 37.9 Å². The van der Waals surface area contributed by atoms with Gasteiger partial charge in [-0.05, 0) is 24.0 Å². The summed E-state index contributed by atoms with van der Waals surface area (Å²) in [7, 11) is 0. The molecule has 2 nitrogen and oxygen atoms in total. The van der Waals surface area contributed by atoms with Gasteiger partial charge in [0, 0.05) is 11.8 Å². The molecule has 2 rings (SSSR count). The van der Waals surface area contributed by atoms with Gasteiger partial charge in [0.1, 0.15) is 0 Å². The minimum atomic E-state index is 0.540. The summed E-state index contributed by atoms with van der Waals surface area (Å²) < 4.78 is 0. The van der Waals surface area contributed by atoms with E-state index in [2.05, 4.69) is 55.0 Å². The second kappa shape index (κ2) is 5.09. The van der Waals surface area contributed by atoms with Crippen LogP contribution in [-0.4, -0.2) is 9.97 Å². The second-order valence-corrected chi connectivity index (χ2v) is 4.53. The maximum absolute atomic E-state index is 4.46. The Bertz CT molecular complexity index is 487. The smallest absolute Gasteiger partial charge is 0.0885 e. The molecule has 0 unspecified atom stereocenters. The van der Waals surface area contributed by atoms with Crippen molar-refractivity contribution in [3.05, 3.63) is 47.9 Å². The van der Waals surface area contributed by atoms with E-state index in [4.69, 9.17) is 0 Å². The van der Waals surface area contributed by atoms with Gasteiger partial charge in [-0.3, -0.25) is 9.97 Å². The number of benzene rings is 1. The molecule has 0 saturated heterocycles. The van der Waals surface area contributed by atoms with Gasteiger partial charge in [-0.25, -0.2) is 0 Å². The molecule has 0 spiro atoms. The summed E-state index contributed by atoms with van der Waals surface area (Å²) in [4.78, 5) is 8.84. The van der Waals surface area contributed by atoms with E-state index in [1.54, 1.807) is 0 Å². The lowest BCUT2D eigenvalue weighted by molar-refractivity contribution is 0.867. The van der Waals surface area contributed by atoms with Crippen molar-refractivity contribution < 1.29 is 0 Å². The molecule has 0 saturated carbocycles. The quantitative estimate of drug-likeness (QED) is 0.795. The van der Waals surface area contributed by atoms with E-state index >= 15 is 0 Å². The van der Waals surface area contributed by atoms with E-state index in [1.807, 2.05) is 12.4 Å². The molecule has 1 aromatic heterocycles. The lowest BCUT2D eigenvalue weighted by Gasteiger charge is -2.07. The molecule has 2 heteroatoms. The average molecular weight is 226 g/mol. The Morgan fingerprint density at radius 1 is 1.12 bits per heavy atom. The number of hydrogen-bond acceptors (Lipinski definition) is 2. The van der Waals surface area contributed by atoms with Crippen LogP contribution in [0.15, 0.2) is 36.7 Å².